The van der Waals surface area contributed by atoms with E-state index in [1.807, 2.05) is 37.3 Å². The molecular weight excluding hydrogens is 358 g/mol. The van der Waals surface area contributed by atoms with Crippen LogP contribution in [0.5, 0.6) is 17.2 Å². The number of methoxy groups -OCH3 is 1. The number of hydrogen-bond acceptors (Lipinski definition) is 5. The molecule has 2 heterocycles. The van der Waals surface area contributed by atoms with Gasteiger partial charge in [0.25, 0.3) is 0 Å². The van der Waals surface area contributed by atoms with E-state index in [1.165, 1.54) is 0 Å². The fraction of sp³-hybridized carbons (Fsp3) is 0.238. The van der Waals surface area contributed by atoms with Crippen LogP contribution in [0, 0.1) is 0 Å². The van der Waals surface area contributed by atoms with Gasteiger partial charge in [-0.05, 0) is 48.9 Å². The maximum atomic E-state index is 12.3. The molecule has 3 N–H and O–H groups in total. The number of carbonyl (C=O) groups is 1. The Morgan fingerprint density at radius 3 is 2.71 bits per heavy atom. The molecule has 0 spiro atoms. The first-order chi connectivity index (χ1) is 13.6. The molecule has 4 rings (SSSR count). The van der Waals surface area contributed by atoms with E-state index in [2.05, 4.69) is 15.5 Å². The smallest absolute Gasteiger partial charge is 0.226 e. The lowest BCUT2D eigenvalue weighted by Gasteiger charge is -2.24. The number of nitrogens with one attached hydrogen (secondary N) is 2. The van der Waals surface area contributed by atoms with E-state index in [9.17, 15) is 9.90 Å². The van der Waals surface area contributed by atoms with Crippen molar-refractivity contribution in [3.8, 4) is 28.5 Å². The van der Waals surface area contributed by atoms with Crippen LogP contribution in [0.25, 0.3) is 11.3 Å². The number of amides is 1. The van der Waals surface area contributed by atoms with Crippen LogP contribution < -0.4 is 14.8 Å². The molecule has 1 amide bonds. The van der Waals surface area contributed by atoms with Crippen LogP contribution in [0.3, 0.4) is 0 Å². The van der Waals surface area contributed by atoms with Crippen molar-refractivity contribution in [3.63, 3.8) is 0 Å². The first-order valence-electron chi connectivity index (χ1n) is 9.09. The molecule has 3 aromatic rings. The number of H-pyrrole nitrogens is 1. The van der Waals surface area contributed by atoms with Gasteiger partial charge in [-0.15, -0.1) is 0 Å². The maximum absolute atomic E-state index is 12.3. The third kappa shape index (κ3) is 3.15. The first-order valence-corrected chi connectivity index (χ1v) is 9.09. The Morgan fingerprint density at radius 1 is 1.21 bits per heavy atom. The lowest BCUT2D eigenvalue weighted by atomic mass is 9.84. The number of carbonyl (C=O) groups excluding carboxylic acids is 1. The Kier molecular flexibility index (Phi) is 4.65. The van der Waals surface area contributed by atoms with Crippen molar-refractivity contribution in [1.82, 2.24) is 10.2 Å². The van der Waals surface area contributed by atoms with Gasteiger partial charge in [-0.2, -0.15) is 5.10 Å². The van der Waals surface area contributed by atoms with E-state index in [4.69, 9.17) is 9.47 Å². The largest absolute Gasteiger partial charge is 0.504 e. The lowest BCUT2D eigenvalue weighted by Crippen LogP contribution is -2.23. The second-order valence-corrected chi connectivity index (χ2v) is 6.55. The van der Waals surface area contributed by atoms with Crippen LogP contribution in [0.4, 0.5) is 5.82 Å². The zero-order valence-electron chi connectivity index (χ0n) is 15.7. The number of aromatic amines is 1. The summed E-state index contributed by atoms with van der Waals surface area (Å²) in [6.07, 6.45) is 0.284. The number of rotatable bonds is 5. The van der Waals surface area contributed by atoms with Gasteiger partial charge in [-0.1, -0.05) is 6.07 Å². The summed E-state index contributed by atoms with van der Waals surface area (Å²) >= 11 is 0. The molecule has 0 saturated carbocycles. The maximum Gasteiger partial charge on any atom is 0.226 e. The number of aromatic nitrogens is 2. The highest BCUT2D eigenvalue weighted by Gasteiger charge is 2.32. The van der Waals surface area contributed by atoms with Crippen LogP contribution in [-0.2, 0) is 4.79 Å². The molecule has 2 aromatic carbocycles. The Labute approximate surface area is 162 Å². The van der Waals surface area contributed by atoms with Gasteiger partial charge >= 0.3 is 0 Å². The number of phenolic OH excluding ortho intramolecular Hbond substituents is 1. The van der Waals surface area contributed by atoms with Gasteiger partial charge < -0.3 is 19.9 Å². The average molecular weight is 379 g/mol. The second kappa shape index (κ2) is 7.26. The summed E-state index contributed by atoms with van der Waals surface area (Å²) in [6.45, 7) is 2.30. The molecule has 1 aromatic heterocycles. The molecule has 1 aliphatic heterocycles. The van der Waals surface area contributed by atoms with Gasteiger partial charge in [0.2, 0.25) is 5.91 Å². The van der Waals surface area contributed by atoms with Gasteiger partial charge in [0, 0.05) is 23.5 Å². The number of ether oxygens (including phenoxy) is 2. The Hall–Kier alpha value is -3.48. The van der Waals surface area contributed by atoms with Gasteiger partial charge in [0.15, 0.2) is 17.3 Å². The molecule has 0 radical (unpaired) electrons. The summed E-state index contributed by atoms with van der Waals surface area (Å²) in [7, 11) is 1.62. The van der Waals surface area contributed by atoms with Crippen LogP contribution >= 0.6 is 0 Å². The zero-order chi connectivity index (χ0) is 19.7. The summed E-state index contributed by atoms with van der Waals surface area (Å²) in [5.74, 6) is 1.46. The van der Waals surface area contributed by atoms with Crippen molar-refractivity contribution >= 4 is 11.7 Å². The quantitative estimate of drug-likeness (QED) is 0.629. The van der Waals surface area contributed by atoms with E-state index in [-0.39, 0.29) is 24.0 Å². The summed E-state index contributed by atoms with van der Waals surface area (Å²) < 4.78 is 10.7. The fourth-order valence-electron chi connectivity index (χ4n) is 3.54. The van der Waals surface area contributed by atoms with Crippen molar-refractivity contribution < 1.29 is 19.4 Å². The summed E-state index contributed by atoms with van der Waals surface area (Å²) in [5.41, 5.74) is 3.58. The zero-order valence-corrected chi connectivity index (χ0v) is 15.7. The Balaban J connectivity index is 1.80. The molecule has 28 heavy (non-hydrogen) atoms. The number of nitrogens with zero attached hydrogens (tertiary/aromatic N) is 1. The summed E-state index contributed by atoms with van der Waals surface area (Å²) in [5, 5.41) is 20.2. The second-order valence-electron chi connectivity index (χ2n) is 6.55. The minimum absolute atomic E-state index is 0.0775. The SMILES string of the molecule is CCOc1cc(C2CC(=O)Nc3n[nH]c(-c4ccc(OC)cc4)c32)ccc1O. The molecular formula is C21H21N3O4. The average Bonchev–Trinajstić information content (AvgIpc) is 3.13. The van der Waals surface area contributed by atoms with Crippen LogP contribution in [-0.4, -0.2) is 34.9 Å². The van der Waals surface area contributed by atoms with Crippen LogP contribution in [0.2, 0.25) is 0 Å². The monoisotopic (exact) mass is 379 g/mol. The predicted octanol–water partition coefficient (Wildman–Crippen LogP) is 3.66. The van der Waals surface area contributed by atoms with Crippen LogP contribution in [0.1, 0.15) is 30.4 Å². The Bertz CT molecular complexity index is 1010. The molecule has 0 bridgehead atoms. The van der Waals surface area contributed by atoms with Gasteiger partial charge in [-0.3, -0.25) is 9.89 Å². The topological polar surface area (TPSA) is 96.5 Å². The summed E-state index contributed by atoms with van der Waals surface area (Å²) in [6, 6.07) is 12.9. The van der Waals surface area contributed by atoms with E-state index in [1.54, 1.807) is 19.2 Å². The van der Waals surface area contributed by atoms with Crippen molar-refractivity contribution in [2.45, 2.75) is 19.3 Å². The van der Waals surface area contributed by atoms with Gasteiger partial charge in [0.1, 0.15) is 5.75 Å². The van der Waals surface area contributed by atoms with Crippen molar-refractivity contribution in [3.05, 3.63) is 53.6 Å². The highest BCUT2D eigenvalue weighted by Crippen LogP contribution is 2.43. The van der Waals surface area contributed by atoms with E-state index < -0.39 is 0 Å². The van der Waals surface area contributed by atoms with Crippen LogP contribution in [0.15, 0.2) is 42.5 Å². The molecule has 0 saturated heterocycles. The molecule has 0 aliphatic carbocycles. The van der Waals surface area contributed by atoms with Gasteiger partial charge in [-0.25, -0.2) is 0 Å². The first kappa shape index (κ1) is 17.9. The number of fused-ring (bicyclic) bond motifs is 1. The van der Waals surface area contributed by atoms with E-state index >= 15 is 0 Å². The molecule has 1 atom stereocenters. The van der Waals surface area contributed by atoms with Crippen molar-refractivity contribution in [2.24, 2.45) is 0 Å². The molecule has 7 nitrogen and oxygen atoms in total. The number of hydrogen-bond donors (Lipinski definition) is 3. The van der Waals surface area contributed by atoms with Crippen molar-refractivity contribution in [1.29, 1.82) is 0 Å². The third-order valence-corrected chi connectivity index (χ3v) is 4.86. The molecule has 1 unspecified atom stereocenters. The van der Waals surface area contributed by atoms with Gasteiger partial charge in [0.05, 0.1) is 19.4 Å². The molecule has 7 heteroatoms. The standard InChI is InChI=1S/C21H21N3O4/c1-3-28-17-10-13(6-9-16(17)25)15-11-18(26)22-21-19(15)20(23-24-21)12-4-7-14(27-2)8-5-12/h4-10,15,25H,3,11H2,1-2H3,(H2,22,23,24,26). The number of benzene rings is 2. The van der Waals surface area contributed by atoms with E-state index in [0.29, 0.717) is 18.2 Å². The number of anilines is 1. The Morgan fingerprint density at radius 2 is 2.00 bits per heavy atom. The van der Waals surface area contributed by atoms with E-state index in [0.717, 1.165) is 28.1 Å². The predicted molar refractivity (Wildman–Crippen MR) is 105 cm³/mol. The highest BCUT2D eigenvalue weighted by molar-refractivity contribution is 5.96. The lowest BCUT2D eigenvalue weighted by molar-refractivity contribution is -0.116. The van der Waals surface area contributed by atoms with Crippen molar-refractivity contribution in [2.75, 3.05) is 19.0 Å². The minimum atomic E-state index is -0.209. The highest BCUT2D eigenvalue weighted by atomic mass is 16.5. The third-order valence-electron chi connectivity index (χ3n) is 4.86. The normalized spacial score (nSPS) is 15.6. The molecule has 144 valence electrons. The number of phenols is 1. The fourth-order valence-corrected chi connectivity index (χ4v) is 3.54. The number of aromatic hydroxyl groups is 1. The summed E-state index contributed by atoms with van der Waals surface area (Å²) in [4.78, 5) is 12.3. The molecule has 1 aliphatic rings. The minimum Gasteiger partial charge on any atom is -0.504 e. The molecule has 0 fully saturated rings.